The summed E-state index contributed by atoms with van der Waals surface area (Å²) in [4.78, 5) is 0. The molecule has 15 heavy (non-hydrogen) atoms. The Kier molecular flexibility index (Phi) is 4.55. The Hall–Kier alpha value is -0.600. The van der Waals surface area contributed by atoms with Crippen LogP contribution in [0, 0.1) is 11.3 Å². The average Bonchev–Trinajstić information content (AvgIpc) is 2.44. The first kappa shape index (κ1) is 12.5. The van der Waals surface area contributed by atoms with Gasteiger partial charge in [-0.05, 0) is 19.8 Å². The van der Waals surface area contributed by atoms with Crippen molar-refractivity contribution in [1.82, 2.24) is 4.72 Å². The Labute approximate surface area is 91.7 Å². The monoisotopic (exact) mass is 230 g/mol. The lowest BCUT2D eigenvalue weighted by molar-refractivity contribution is 0.507. The standard InChI is InChI=1S/C10H18N2O2S/c1-9(8-11)15(13,14)12-10-6-4-2-3-5-7-10/h9-10,12H,2-7H2,1H3. The normalized spacial score (nSPS) is 21.6. The van der Waals surface area contributed by atoms with Crippen LogP contribution in [0.1, 0.15) is 45.4 Å². The Morgan fingerprint density at radius 3 is 2.27 bits per heavy atom. The summed E-state index contributed by atoms with van der Waals surface area (Å²) < 4.78 is 25.9. The van der Waals surface area contributed by atoms with Crippen LogP contribution in [0.2, 0.25) is 0 Å². The number of rotatable bonds is 3. The molecule has 0 aromatic heterocycles. The fourth-order valence-electron chi connectivity index (χ4n) is 1.80. The summed E-state index contributed by atoms with van der Waals surface area (Å²) >= 11 is 0. The van der Waals surface area contributed by atoms with Gasteiger partial charge in [-0.1, -0.05) is 25.7 Å². The van der Waals surface area contributed by atoms with Crippen LogP contribution in [-0.4, -0.2) is 19.7 Å². The van der Waals surface area contributed by atoms with Crippen LogP contribution in [0.4, 0.5) is 0 Å². The van der Waals surface area contributed by atoms with Gasteiger partial charge in [-0.25, -0.2) is 13.1 Å². The van der Waals surface area contributed by atoms with E-state index in [0.29, 0.717) is 0 Å². The van der Waals surface area contributed by atoms with Crippen molar-refractivity contribution in [2.24, 2.45) is 0 Å². The van der Waals surface area contributed by atoms with Crippen molar-refractivity contribution in [3.8, 4) is 6.07 Å². The molecule has 1 N–H and O–H groups in total. The Morgan fingerprint density at radius 2 is 1.80 bits per heavy atom. The maximum absolute atomic E-state index is 11.6. The van der Waals surface area contributed by atoms with E-state index in [4.69, 9.17) is 5.26 Å². The van der Waals surface area contributed by atoms with Gasteiger partial charge in [0.2, 0.25) is 10.0 Å². The second kappa shape index (κ2) is 5.47. The Balaban J connectivity index is 2.56. The fourth-order valence-corrected chi connectivity index (χ4v) is 2.84. The number of sulfonamides is 1. The lowest BCUT2D eigenvalue weighted by Crippen LogP contribution is -2.39. The van der Waals surface area contributed by atoms with E-state index in [0.717, 1.165) is 25.7 Å². The van der Waals surface area contributed by atoms with Crippen molar-refractivity contribution >= 4 is 10.0 Å². The molecule has 1 rings (SSSR count). The van der Waals surface area contributed by atoms with Gasteiger partial charge in [-0.2, -0.15) is 5.26 Å². The molecule has 0 aromatic carbocycles. The van der Waals surface area contributed by atoms with E-state index < -0.39 is 15.3 Å². The number of hydrogen-bond donors (Lipinski definition) is 1. The lowest BCUT2D eigenvalue weighted by Gasteiger charge is -2.17. The van der Waals surface area contributed by atoms with E-state index in [1.54, 1.807) is 6.07 Å². The summed E-state index contributed by atoms with van der Waals surface area (Å²) in [6.45, 7) is 1.42. The van der Waals surface area contributed by atoms with Crippen molar-refractivity contribution in [2.75, 3.05) is 0 Å². The van der Waals surface area contributed by atoms with Crippen molar-refractivity contribution in [2.45, 2.75) is 56.7 Å². The highest BCUT2D eigenvalue weighted by molar-refractivity contribution is 7.90. The zero-order valence-electron chi connectivity index (χ0n) is 9.07. The predicted molar refractivity (Wildman–Crippen MR) is 58.6 cm³/mol. The maximum Gasteiger partial charge on any atom is 0.227 e. The van der Waals surface area contributed by atoms with Gasteiger partial charge in [0.15, 0.2) is 5.25 Å². The van der Waals surface area contributed by atoms with E-state index in [-0.39, 0.29) is 6.04 Å². The number of nitrogens with one attached hydrogen (secondary N) is 1. The number of hydrogen-bond acceptors (Lipinski definition) is 3. The number of nitrogens with zero attached hydrogens (tertiary/aromatic N) is 1. The molecular weight excluding hydrogens is 212 g/mol. The zero-order valence-corrected chi connectivity index (χ0v) is 9.89. The number of nitriles is 1. The molecule has 0 aromatic rings. The van der Waals surface area contributed by atoms with Crippen molar-refractivity contribution in [3.63, 3.8) is 0 Å². The van der Waals surface area contributed by atoms with Gasteiger partial charge < -0.3 is 0 Å². The molecule has 0 aliphatic heterocycles. The summed E-state index contributed by atoms with van der Waals surface area (Å²) in [5, 5.41) is 7.63. The molecule has 0 saturated heterocycles. The summed E-state index contributed by atoms with van der Waals surface area (Å²) in [6.07, 6.45) is 6.33. The van der Waals surface area contributed by atoms with Gasteiger partial charge in [0.25, 0.3) is 0 Å². The first-order valence-corrected chi connectivity index (χ1v) is 7.01. The van der Waals surface area contributed by atoms with Gasteiger partial charge in [0, 0.05) is 6.04 Å². The topological polar surface area (TPSA) is 70.0 Å². The Bertz CT molecular complexity index is 324. The van der Waals surface area contributed by atoms with Gasteiger partial charge in [0.05, 0.1) is 6.07 Å². The minimum absolute atomic E-state index is 0.0355. The molecule has 1 atom stereocenters. The quantitative estimate of drug-likeness (QED) is 0.748. The first-order valence-electron chi connectivity index (χ1n) is 5.47. The third-order valence-corrected chi connectivity index (χ3v) is 4.53. The molecule has 1 saturated carbocycles. The van der Waals surface area contributed by atoms with Crippen LogP contribution < -0.4 is 4.72 Å². The molecule has 1 fully saturated rings. The predicted octanol–water partition coefficient (Wildman–Crippen LogP) is 1.54. The van der Waals surface area contributed by atoms with Gasteiger partial charge in [0.1, 0.15) is 0 Å². The molecule has 4 nitrogen and oxygen atoms in total. The van der Waals surface area contributed by atoms with Crippen molar-refractivity contribution < 1.29 is 8.42 Å². The Morgan fingerprint density at radius 1 is 1.27 bits per heavy atom. The highest BCUT2D eigenvalue weighted by Gasteiger charge is 2.24. The molecule has 86 valence electrons. The smallest absolute Gasteiger partial charge is 0.211 e. The van der Waals surface area contributed by atoms with Gasteiger partial charge in [-0.3, -0.25) is 0 Å². The molecule has 5 heteroatoms. The lowest BCUT2D eigenvalue weighted by atomic mass is 10.1. The van der Waals surface area contributed by atoms with Crippen LogP contribution in [0.3, 0.4) is 0 Å². The third kappa shape index (κ3) is 3.80. The van der Waals surface area contributed by atoms with Crippen LogP contribution in [0.25, 0.3) is 0 Å². The van der Waals surface area contributed by atoms with Crippen molar-refractivity contribution in [3.05, 3.63) is 0 Å². The SMILES string of the molecule is CC(C#N)S(=O)(=O)NC1CCCCCC1. The molecular formula is C10H18N2O2S. The van der Waals surface area contributed by atoms with Gasteiger partial charge in [-0.15, -0.1) is 0 Å². The zero-order chi connectivity index (χ0) is 11.3. The largest absolute Gasteiger partial charge is 0.227 e. The minimum atomic E-state index is -3.44. The first-order chi connectivity index (χ1) is 7.06. The van der Waals surface area contributed by atoms with Crippen molar-refractivity contribution in [1.29, 1.82) is 5.26 Å². The third-order valence-electron chi connectivity index (χ3n) is 2.83. The van der Waals surface area contributed by atoms with Crippen LogP contribution in [-0.2, 0) is 10.0 Å². The van der Waals surface area contributed by atoms with Crippen LogP contribution in [0.5, 0.6) is 0 Å². The highest BCUT2D eigenvalue weighted by atomic mass is 32.2. The summed E-state index contributed by atoms with van der Waals surface area (Å²) in [6, 6.07) is 1.80. The van der Waals surface area contributed by atoms with Gasteiger partial charge >= 0.3 is 0 Å². The molecule has 0 heterocycles. The molecule has 1 unspecified atom stereocenters. The van der Waals surface area contributed by atoms with E-state index in [1.165, 1.54) is 19.8 Å². The molecule has 0 spiro atoms. The molecule has 0 bridgehead atoms. The summed E-state index contributed by atoms with van der Waals surface area (Å²) in [5.74, 6) is 0. The van der Waals surface area contributed by atoms with E-state index in [2.05, 4.69) is 4.72 Å². The molecule has 1 aliphatic carbocycles. The second-order valence-electron chi connectivity index (χ2n) is 4.12. The van der Waals surface area contributed by atoms with E-state index >= 15 is 0 Å². The minimum Gasteiger partial charge on any atom is -0.211 e. The summed E-state index contributed by atoms with van der Waals surface area (Å²) in [7, 11) is -3.44. The second-order valence-corrected chi connectivity index (χ2v) is 6.16. The average molecular weight is 230 g/mol. The fraction of sp³-hybridized carbons (Fsp3) is 0.900. The van der Waals surface area contributed by atoms with Crippen LogP contribution >= 0.6 is 0 Å². The molecule has 1 aliphatic rings. The highest BCUT2D eigenvalue weighted by Crippen LogP contribution is 2.18. The van der Waals surface area contributed by atoms with Crippen LogP contribution in [0.15, 0.2) is 0 Å². The van der Waals surface area contributed by atoms with E-state index in [9.17, 15) is 8.42 Å². The van der Waals surface area contributed by atoms with E-state index in [1.807, 2.05) is 0 Å². The maximum atomic E-state index is 11.6. The molecule has 0 radical (unpaired) electrons. The molecule has 0 amide bonds. The summed E-state index contributed by atoms with van der Waals surface area (Å²) in [5.41, 5.74) is 0.